The van der Waals surface area contributed by atoms with Crippen molar-refractivity contribution in [1.29, 1.82) is 0 Å². The highest BCUT2D eigenvalue weighted by Crippen LogP contribution is 2.34. The Bertz CT molecular complexity index is 1300. The third-order valence-corrected chi connectivity index (χ3v) is 6.97. The SMILES string of the molecule is COc1ccc(OC)c(S(=O)(=O)Nc2cc(-c3nc4cccnc4s3)ccc2C)c1. The summed E-state index contributed by atoms with van der Waals surface area (Å²) in [5.74, 6) is 0.651. The van der Waals surface area contributed by atoms with Crippen molar-refractivity contribution in [3.63, 3.8) is 0 Å². The van der Waals surface area contributed by atoms with Gasteiger partial charge in [-0.2, -0.15) is 0 Å². The summed E-state index contributed by atoms with van der Waals surface area (Å²) in [6.45, 7) is 1.84. The molecule has 30 heavy (non-hydrogen) atoms. The molecule has 0 unspecified atom stereocenters. The van der Waals surface area contributed by atoms with E-state index in [1.54, 1.807) is 24.4 Å². The van der Waals surface area contributed by atoms with Crippen LogP contribution < -0.4 is 14.2 Å². The Balaban J connectivity index is 1.73. The summed E-state index contributed by atoms with van der Waals surface area (Å²) in [5, 5.41) is 0.767. The molecular weight excluding hydrogens is 422 g/mol. The maximum atomic E-state index is 13.1. The molecular formula is C21H19N3O4S2. The third-order valence-electron chi connectivity index (χ3n) is 4.56. The monoisotopic (exact) mass is 441 g/mol. The summed E-state index contributed by atoms with van der Waals surface area (Å²) in [6, 6.07) is 13.9. The quantitative estimate of drug-likeness (QED) is 0.474. The molecule has 0 saturated heterocycles. The lowest BCUT2D eigenvalue weighted by Crippen LogP contribution is -2.15. The lowest BCUT2D eigenvalue weighted by Gasteiger charge is -2.14. The number of sulfonamides is 1. The number of hydrogen-bond donors (Lipinski definition) is 1. The molecule has 4 rings (SSSR count). The molecule has 0 saturated carbocycles. The second kappa shape index (κ2) is 7.92. The fourth-order valence-corrected chi connectivity index (χ4v) is 5.16. The van der Waals surface area contributed by atoms with Gasteiger partial charge in [0.2, 0.25) is 0 Å². The zero-order chi connectivity index (χ0) is 21.3. The predicted molar refractivity (Wildman–Crippen MR) is 118 cm³/mol. The molecule has 0 aliphatic rings. The predicted octanol–water partition coefficient (Wildman–Crippen LogP) is 4.48. The van der Waals surface area contributed by atoms with Crippen molar-refractivity contribution in [3.8, 4) is 22.1 Å². The lowest BCUT2D eigenvalue weighted by atomic mass is 10.1. The fraction of sp³-hybridized carbons (Fsp3) is 0.143. The van der Waals surface area contributed by atoms with Gasteiger partial charge < -0.3 is 9.47 Å². The molecule has 0 amide bonds. The van der Waals surface area contributed by atoms with E-state index in [-0.39, 0.29) is 10.6 Å². The number of thiazole rings is 1. The number of rotatable bonds is 6. The van der Waals surface area contributed by atoms with Gasteiger partial charge in [-0.05, 0) is 42.8 Å². The highest BCUT2D eigenvalue weighted by atomic mass is 32.2. The first-order valence-electron chi connectivity index (χ1n) is 8.99. The number of nitrogens with one attached hydrogen (secondary N) is 1. The number of aryl methyl sites for hydroxylation is 1. The van der Waals surface area contributed by atoms with E-state index >= 15 is 0 Å². The summed E-state index contributed by atoms with van der Waals surface area (Å²) in [5.41, 5.74) is 2.85. The number of aromatic nitrogens is 2. The molecule has 9 heteroatoms. The summed E-state index contributed by atoms with van der Waals surface area (Å²) in [6.07, 6.45) is 1.72. The minimum Gasteiger partial charge on any atom is -0.497 e. The van der Waals surface area contributed by atoms with Crippen LogP contribution in [0.2, 0.25) is 0 Å². The zero-order valence-electron chi connectivity index (χ0n) is 16.5. The zero-order valence-corrected chi connectivity index (χ0v) is 18.2. The van der Waals surface area contributed by atoms with Gasteiger partial charge in [-0.25, -0.2) is 18.4 Å². The molecule has 0 aliphatic carbocycles. The van der Waals surface area contributed by atoms with E-state index in [4.69, 9.17) is 9.47 Å². The number of anilines is 1. The van der Waals surface area contributed by atoms with Crippen LogP contribution in [-0.2, 0) is 10.0 Å². The Morgan fingerprint density at radius 1 is 1.03 bits per heavy atom. The van der Waals surface area contributed by atoms with Gasteiger partial charge in [0, 0.05) is 17.8 Å². The maximum absolute atomic E-state index is 13.1. The van der Waals surface area contributed by atoms with Crippen LogP contribution in [0.4, 0.5) is 5.69 Å². The average Bonchev–Trinajstić information content (AvgIpc) is 3.19. The van der Waals surface area contributed by atoms with E-state index in [1.165, 1.54) is 31.6 Å². The number of ether oxygens (including phenoxy) is 2. The lowest BCUT2D eigenvalue weighted by molar-refractivity contribution is 0.392. The Labute approximate surface area is 178 Å². The first-order chi connectivity index (χ1) is 14.4. The first kappa shape index (κ1) is 20.1. The van der Waals surface area contributed by atoms with Crippen molar-refractivity contribution in [2.45, 2.75) is 11.8 Å². The van der Waals surface area contributed by atoms with Crippen LogP contribution in [0.25, 0.3) is 20.9 Å². The van der Waals surface area contributed by atoms with Crippen LogP contribution in [0.1, 0.15) is 5.56 Å². The van der Waals surface area contributed by atoms with Gasteiger partial charge in [-0.1, -0.05) is 23.5 Å². The van der Waals surface area contributed by atoms with Gasteiger partial charge in [-0.3, -0.25) is 4.72 Å². The number of fused-ring (bicyclic) bond motifs is 1. The van der Waals surface area contributed by atoms with Crippen molar-refractivity contribution in [1.82, 2.24) is 9.97 Å². The highest BCUT2D eigenvalue weighted by molar-refractivity contribution is 7.92. The molecule has 154 valence electrons. The fourth-order valence-electron chi connectivity index (χ4n) is 2.95. The second-order valence-electron chi connectivity index (χ2n) is 6.50. The summed E-state index contributed by atoms with van der Waals surface area (Å²) < 4.78 is 39.3. The Hall–Kier alpha value is -3.17. The van der Waals surface area contributed by atoms with Crippen molar-refractivity contribution in [2.24, 2.45) is 0 Å². The summed E-state index contributed by atoms with van der Waals surface area (Å²) >= 11 is 1.45. The number of hydrogen-bond acceptors (Lipinski definition) is 7. The molecule has 1 N–H and O–H groups in total. The van der Waals surface area contributed by atoms with Gasteiger partial charge in [-0.15, -0.1) is 0 Å². The second-order valence-corrected chi connectivity index (χ2v) is 9.13. The van der Waals surface area contributed by atoms with Gasteiger partial charge >= 0.3 is 0 Å². The molecule has 0 spiro atoms. The average molecular weight is 442 g/mol. The van der Waals surface area contributed by atoms with E-state index in [2.05, 4.69) is 14.7 Å². The minimum atomic E-state index is -3.92. The van der Waals surface area contributed by atoms with Crippen molar-refractivity contribution in [2.75, 3.05) is 18.9 Å². The minimum absolute atomic E-state index is 0.00154. The Kier molecular flexibility index (Phi) is 5.31. The molecule has 2 heterocycles. The van der Waals surface area contributed by atoms with Crippen LogP contribution in [0.15, 0.2) is 59.6 Å². The molecule has 0 bridgehead atoms. The number of benzene rings is 2. The van der Waals surface area contributed by atoms with E-state index in [0.717, 1.165) is 26.5 Å². The number of nitrogens with zero attached hydrogens (tertiary/aromatic N) is 2. The largest absolute Gasteiger partial charge is 0.497 e. The van der Waals surface area contributed by atoms with E-state index in [9.17, 15) is 8.42 Å². The Morgan fingerprint density at radius 2 is 1.87 bits per heavy atom. The van der Waals surface area contributed by atoms with Gasteiger partial charge in [0.1, 0.15) is 31.7 Å². The van der Waals surface area contributed by atoms with E-state index in [0.29, 0.717) is 11.4 Å². The molecule has 0 radical (unpaired) electrons. The third kappa shape index (κ3) is 3.81. The van der Waals surface area contributed by atoms with E-state index in [1.807, 2.05) is 31.2 Å². The molecule has 4 aromatic rings. The molecule has 0 atom stereocenters. The molecule has 2 aromatic carbocycles. The van der Waals surface area contributed by atoms with Crippen molar-refractivity contribution < 1.29 is 17.9 Å². The van der Waals surface area contributed by atoms with E-state index < -0.39 is 10.0 Å². The molecule has 7 nitrogen and oxygen atoms in total. The van der Waals surface area contributed by atoms with Gasteiger partial charge in [0.05, 0.1) is 19.9 Å². The molecule has 2 aromatic heterocycles. The Morgan fingerprint density at radius 3 is 2.60 bits per heavy atom. The first-order valence-corrected chi connectivity index (χ1v) is 11.3. The van der Waals surface area contributed by atoms with Crippen LogP contribution in [0, 0.1) is 6.92 Å². The van der Waals surface area contributed by atoms with Crippen molar-refractivity contribution >= 4 is 37.4 Å². The summed E-state index contributed by atoms with van der Waals surface area (Å²) in [7, 11) is -1.02. The number of methoxy groups -OCH3 is 2. The maximum Gasteiger partial charge on any atom is 0.265 e. The highest BCUT2D eigenvalue weighted by Gasteiger charge is 2.22. The standard InChI is InChI=1S/C21H19N3O4S2/c1-13-6-7-14(20-23-16-5-4-10-22-21(16)29-20)11-17(13)24-30(25,26)19-12-15(27-2)8-9-18(19)28-3/h4-12,24H,1-3H3. The van der Waals surface area contributed by atoms with Crippen LogP contribution in [-0.4, -0.2) is 32.6 Å². The van der Waals surface area contributed by atoms with Crippen LogP contribution >= 0.6 is 11.3 Å². The summed E-state index contributed by atoms with van der Waals surface area (Å²) in [4.78, 5) is 9.75. The topological polar surface area (TPSA) is 90.4 Å². The molecule has 0 aliphatic heterocycles. The smallest absolute Gasteiger partial charge is 0.265 e. The number of pyridine rings is 1. The van der Waals surface area contributed by atoms with Crippen LogP contribution in [0.3, 0.4) is 0 Å². The van der Waals surface area contributed by atoms with Gasteiger partial charge in [0.25, 0.3) is 10.0 Å². The molecule has 0 fully saturated rings. The van der Waals surface area contributed by atoms with Crippen LogP contribution in [0.5, 0.6) is 11.5 Å². The van der Waals surface area contributed by atoms with Crippen molar-refractivity contribution in [3.05, 3.63) is 60.3 Å². The normalized spacial score (nSPS) is 11.4. The van der Waals surface area contributed by atoms with Gasteiger partial charge in [0.15, 0.2) is 0 Å².